The van der Waals surface area contributed by atoms with Crippen LogP contribution in [0.2, 0.25) is 0 Å². The summed E-state index contributed by atoms with van der Waals surface area (Å²) in [7, 11) is 0. The monoisotopic (exact) mass is 163 g/mol. The summed E-state index contributed by atoms with van der Waals surface area (Å²) >= 11 is 0. The lowest BCUT2D eigenvalue weighted by molar-refractivity contribution is 0.257. The zero-order valence-corrected chi connectivity index (χ0v) is 6.98. The van der Waals surface area contributed by atoms with Gasteiger partial charge in [0.25, 0.3) is 0 Å². The summed E-state index contributed by atoms with van der Waals surface area (Å²) in [4.78, 5) is 8.29. The van der Waals surface area contributed by atoms with E-state index in [2.05, 4.69) is 9.97 Å². The quantitative estimate of drug-likeness (QED) is 0.714. The Hall–Kier alpha value is -0.960. The van der Waals surface area contributed by atoms with E-state index in [0.29, 0.717) is 5.92 Å². The Balaban J connectivity index is 2.08. The van der Waals surface area contributed by atoms with Crippen molar-refractivity contribution < 1.29 is 0 Å². The first-order valence-corrected chi connectivity index (χ1v) is 4.40. The second-order valence-electron chi connectivity index (χ2n) is 3.32. The van der Waals surface area contributed by atoms with Gasteiger partial charge in [0, 0.05) is 12.4 Å². The van der Waals surface area contributed by atoms with Gasteiger partial charge in [-0.1, -0.05) is 6.42 Å². The zero-order valence-electron chi connectivity index (χ0n) is 6.98. The van der Waals surface area contributed by atoms with Gasteiger partial charge in [-0.25, -0.2) is 9.97 Å². The molecule has 0 aliphatic heterocycles. The molecule has 1 heterocycles. The van der Waals surface area contributed by atoms with E-state index in [4.69, 9.17) is 5.73 Å². The first kappa shape index (κ1) is 7.68. The molecule has 1 atom stereocenters. The van der Waals surface area contributed by atoms with E-state index in [9.17, 15) is 0 Å². The van der Waals surface area contributed by atoms with Gasteiger partial charge in [-0.15, -0.1) is 0 Å². The van der Waals surface area contributed by atoms with Crippen molar-refractivity contribution in [2.45, 2.75) is 25.3 Å². The fourth-order valence-electron chi connectivity index (χ4n) is 1.49. The van der Waals surface area contributed by atoms with Crippen molar-refractivity contribution in [2.75, 3.05) is 0 Å². The average Bonchev–Trinajstić information content (AvgIpc) is 2.03. The Bertz CT molecular complexity index is 243. The lowest BCUT2D eigenvalue weighted by Crippen LogP contribution is -2.28. The van der Waals surface area contributed by atoms with Crippen LogP contribution in [0.1, 0.15) is 31.1 Å². The third-order valence-corrected chi connectivity index (χ3v) is 2.54. The van der Waals surface area contributed by atoms with Crippen molar-refractivity contribution in [3.8, 4) is 0 Å². The maximum absolute atomic E-state index is 5.98. The summed E-state index contributed by atoms with van der Waals surface area (Å²) in [5.74, 6) is 1.41. The molecule has 2 N–H and O–H groups in total. The molecule has 1 aromatic rings. The Kier molecular flexibility index (Phi) is 2.04. The van der Waals surface area contributed by atoms with Gasteiger partial charge in [-0.05, 0) is 24.8 Å². The summed E-state index contributed by atoms with van der Waals surface area (Å²) in [6.45, 7) is 0. The van der Waals surface area contributed by atoms with Crippen LogP contribution in [0.15, 0.2) is 18.5 Å². The molecular formula is C9H13N3. The molecule has 64 valence electrons. The van der Waals surface area contributed by atoms with Gasteiger partial charge in [-0.2, -0.15) is 0 Å². The maximum atomic E-state index is 5.98. The predicted octanol–water partition coefficient (Wildman–Crippen LogP) is 1.28. The fourth-order valence-corrected chi connectivity index (χ4v) is 1.49. The van der Waals surface area contributed by atoms with Crippen molar-refractivity contribution in [3.63, 3.8) is 0 Å². The molecule has 0 saturated heterocycles. The predicted molar refractivity (Wildman–Crippen MR) is 46.3 cm³/mol. The highest BCUT2D eigenvalue weighted by molar-refractivity contribution is 4.98. The highest BCUT2D eigenvalue weighted by Crippen LogP contribution is 2.34. The molecule has 3 nitrogen and oxygen atoms in total. The molecule has 1 unspecified atom stereocenters. The zero-order chi connectivity index (χ0) is 8.39. The standard InChI is InChI=1S/C9H13N3/c10-8(7-3-1-4-7)9-11-5-2-6-12-9/h2,5-8H,1,3-4,10H2. The van der Waals surface area contributed by atoms with Crippen LogP contribution >= 0.6 is 0 Å². The third-order valence-electron chi connectivity index (χ3n) is 2.54. The Morgan fingerprint density at radius 2 is 2.00 bits per heavy atom. The Morgan fingerprint density at radius 1 is 1.33 bits per heavy atom. The van der Waals surface area contributed by atoms with Gasteiger partial charge in [0.15, 0.2) is 0 Å². The molecule has 3 heteroatoms. The molecule has 1 saturated carbocycles. The van der Waals surface area contributed by atoms with E-state index in [1.807, 2.05) is 6.07 Å². The van der Waals surface area contributed by atoms with Crippen LogP contribution in [-0.2, 0) is 0 Å². The first-order chi connectivity index (χ1) is 5.88. The number of hydrogen-bond donors (Lipinski definition) is 1. The number of nitrogens with two attached hydrogens (primary N) is 1. The molecule has 1 aromatic heterocycles. The summed E-state index contributed by atoms with van der Waals surface area (Å²) in [5, 5.41) is 0. The van der Waals surface area contributed by atoms with E-state index in [1.165, 1.54) is 19.3 Å². The van der Waals surface area contributed by atoms with Crippen LogP contribution in [0.4, 0.5) is 0 Å². The van der Waals surface area contributed by atoms with E-state index in [-0.39, 0.29) is 6.04 Å². The smallest absolute Gasteiger partial charge is 0.145 e. The minimum Gasteiger partial charge on any atom is -0.321 e. The molecule has 1 fully saturated rings. The summed E-state index contributed by atoms with van der Waals surface area (Å²) < 4.78 is 0. The molecule has 0 aromatic carbocycles. The second kappa shape index (κ2) is 3.19. The number of aromatic nitrogens is 2. The molecule has 0 radical (unpaired) electrons. The lowest BCUT2D eigenvalue weighted by atomic mass is 9.80. The van der Waals surface area contributed by atoms with E-state index >= 15 is 0 Å². The van der Waals surface area contributed by atoms with E-state index in [1.54, 1.807) is 12.4 Å². The largest absolute Gasteiger partial charge is 0.321 e. The molecule has 2 rings (SSSR count). The average molecular weight is 163 g/mol. The third kappa shape index (κ3) is 1.32. The van der Waals surface area contributed by atoms with E-state index < -0.39 is 0 Å². The van der Waals surface area contributed by atoms with Crippen molar-refractivity contribution in [1.82, 2.24) is 9.97 Å². The first-order valence-electron chi connectivity index (χ1n) is 4.40. The van der Waals surface area contributed by atoms with Gasteiger partial charge < -0.3 is 5.73 Å². The van der Waals surface area contributed by atoms with Gasteiger partial charge >= 0.3 is 0 Å². The molecule has 1 aliphatic rings. The lowest BCUT2D eigenvalue weighted by Gasteiger charge is -2.29. The van der Waals surface area contributed by atoms with Crippen LogP contribution in [0, 0.1) is 5.92 Å². The fraction of sp³-hybridized carbons (Fsp3) is 0.556. The van der Waals surface area contributed by atoms with Crippen LogP contribution in [-0.4, -0.2) is 9.97 Å². The summed E-state index contributed by atoms with van der Waals surface area (Å²) in [6.07, 6.45) is 7.28. The molecule has 0 spiro atoms. The van der Waals surface area contributed by atoms with Crippen LogP contribution < -0.4 is 5.73 Å². The maximum Gasteiger partial charge on any atom is 0.145 e. The van der Waals surface area contributed by atoms with Gasteiger partial charge in [-0.3, -0.25) is 0 Å². The van der Waals surface area contributed by atoms with Crippen LogP contribution in [0.25, 0.3) is 0 Å². The van der Waals surface area contributed by atoms with Crippen molar-refractivity contribution in [2.24, 2.45) is 11.7 Å². The molecule has 1 aliphatic carbocycles. The molecule has 0 amide bonds. The van der Waals surface area contributed by atoms with Crippen molar-refractivity contribution >= 4 is 0 Å². The topological polar surface area (TPSA) is 51.8 Å². The van der Waals surface area contributed by atoms with Gasteiger partial charge in [0.05, 0.1) is 6.04 Å². The Labute approximate surface area is 72.0 Å². The van der Waals surface area contributed by atoms with Crippen LogP contribution in [0.3, 0.4) is 0 Å². The summed E-state index contributed by atoms with van der Waals surface area (Å²) in [6, 6.07) is 1.87. The van der Waals surface area contributed by atoms with Crippen LogP contribution in [0.5, 0.6) is 0 Å². The highest BCUT2D eigenvalue weighted by Gasteiger charge is 2.26. The SMILES string of the molecule is NC(c1ncccn1)C1CCC1. The van der Waals surface area contributed by atoms with Crippen molar-refractivity contribution in [1.29, 1.82) is 0 Å². The minimum atomic E-state index is 0.0555. The van der Waals surface area contributed by atoms with Crippen molar-refractivity contribution in [3.05, 3.63) is 24.3 Å². The highest BCUT2D eigenvalue weighted by atomic mass is 14.9. The molecule has 12 heavy (non-hydrogen) atoms. The summed E-state index contributed by atoms with van der Waals surface area (Å²) in [5.41, 5.74) is 5.98. The number of rotatable bonds is 2. The number of hydrogen-bond acceptors (Lipinski definition) is 3. The number of nitrogens with zero attached hydrogens (tertiary/aromatic N) is 2. The Morgan fingerprint density at radius 3 is 2.50 bits per heavy atom. The molecule has 0 bridgehead atoms. The molecular weight excluding hydrogens is 150 g/mol. The minimum absolute atomic E-state index is 0.0555. The normalized spacial score (nSPS) is 20.1. The van der Waals surface area contributed by atoms with E-state index in [0.717, 1.165) is 5.82 Å². The van der Waals surface area contributed by atoms with Gasteiger partial charge in [0.1, 0.15) is 5.82 Å². The second-order valence-corrected chi connectivity index (χ2v) is 3.32. The van der Waals surface area contributed by atoms with Gasteiger partial charge in [0.2, 0.25) is 0 Å².